The van der Waals surface area contributed by atoms with Crippen molar-refractivity contribution >= 4 is 17.5 Å². The molecule has 3 heterocycles. The largest absolute Gasteiger partial charge is 0.419 e. The number of rotatable bonds is 2. The van der Waals surface area contributed by atoms with Crippen LogP contribution in [0, 0.1) is 5.92 Å². The molecular weight excluding hydrogens is 319 g/mol. The molecule has 2 unspecified atom stereocenters. The number of aromatic nitrogens is 1. The molecule has 0 saturated carbocycles. The SMILES string of the molecule is O=C(N[C@@H]1CC2CCN(C2)C1)c1ccc(C(F)(F)F)c(Cl)n1. The fourth-order valence-corrected chi connectivity index (χ4v) is 3.46. The number of nitrogens with one attached hydrogen (secondary N) is 1. The van der Waals surface area contributed by atoms with Gasteiger partial charge in [-0.05, 0) is 37.4 Å². The van der Waals surface area contributed by atoms with Gasteiger partial charge in [0.2, 0.25) is 0 Å². The van der Waals surface area contributed by atoms with E-state index in [0.717, 1.165) is 44.6 Å². The van der Waals surface area contributed by atoms with E-state index in [9.17, 15) is 18.0 Å². The van der Waals surface area contributed by atoms with Gasteiger partial charge < -0.3 is 10.2 Å². The zero-order valence-corrected chi connectivity index (χ0v) is 12.4. The molecule has 1 aromatic heterocycles. The molecule has 0 spiro atoms. The molecule has 2 fully saturated rings. The maximum absolute atomic E-state index is 12.6. The van der Waals surface area contributed by atoms with Crippen molar-refractivity contribution in [2.45, 2.75) is 25.1 Å². The van der Waals surface area contributed by atoms with Crippen molar-refractivity contribution in [1.82, 2.24) is 15.2 Å². The summed E-state index contributed by atoms with van der Waals surface area (Å²) in [5.74, 6) is 0.103. The molecule has 0 aliphatic carbocycles. The lowest BCUT2D eigenvalue weighted by Crippen LogP contribution is -2.47. The topological polar surface area (TPSA) is 45.2 Å². The minimum absolute atomic E-state index is 0.0108. The Balaban J connectivity index is 1.69. The molecule has 1 aromatic rings. The van der Waals surface area contributed by atoms with Gasteiger partial charge in [0.15, 0.2) is 0 Å². The number of hydrogen-bond acceptors (Lipinski definition) is 3. The van der Waals surface area contributed by atoms with Crippen LogP contribution in [0.25, 0.3) is 0 Å². The van der Waals surface area contributed by atoms with Gasteiger partial charge in [-0.15, -0.1) is 0 Å². The number of hydrogen-bond donors (Lipinski definition) is 1. The first-order valence-corrected chi connectivity index (χ1v) is 7.47. The fourth-order valence-electron chi connectivity index (χ4n) is 3.20. The van der Waals surface area contributed by atoms with Crippen LogP contribution in [-0.2, 0) is 6.18 Å². The van der Waals surface area contributed by atoms with E-state index >= 15 is 0 Å². The third-order valence-corrected chi connectivity index (χ3v) is 4.48. The van der Waals surface area contributed by atoms with Gasteiger partial charge in [-0.2, -0.15) is 13.2 Å². The van der Waals surface area contributed by atoms with Gasteiger partial charge in [0, 0.05) is 19.1 Å². The number of amides is 1. The number of pyridine rings is 1. The zero-order chi connectivity index (χ0) is 15.9. The van der Waals surface area contributed by atoms with E-state index in [-0.39, 0.29) is 11.7 Å². The van der Waals surface area contributed by atoms with Crippen molar-refractivity contribution in [2.75, 3.05) is 19.6 Å². The number of nitrogens with zero attached hydrogens (tertiary/aromatic N) is 2. The van der Waals surface area contributed by atoms with Gasteiger partial charge in [0.05, 0.1) is 5.56 Å². The Morgan fingerprint density at radius 2 is 2.14 bits per heavy atom. The Kier molecular flexibility index (Phi) is 4.03. The second-order valence-corrected chi connectivity index (χ2v) is 6.21. The van der Waals surface area contributed by atoms with Gasteiger partial charge in [-0.25, -0.2) is 4.98 Å². The Morgan fingerprint density at radius 1 is 1.36 bits per heavy atom. The first-order chi connectivity index (χ1) is 10.3. The Labute approximate surface area is 130 Å². The van der Waals surface area contributed by atoms with Gasteiger partial charge in [-0.1, -0.05) is 11.6 Å². The summed E-state index contributed by atoms with van der Waals surface area (Å²) in [6.07, 6.45) is -2.54. The maximum atomic E-state index is 12.6. The summed E-state index contributed by atoms with van der Waals surface area (Å²) in [5.41, 5.74) is -1.13. The van der Waals surface area contributed by atoms with Crippen molar-refractivity contribution in [3.05, 3.63) is 28.5 Å². The highest BCUT2D eigenvalue weighted by molar-refractivity contribution is 6.30. The lowest BCUT2D eigenvalue weighted by molar-refractivity contribution is -0.137. The Morgan fingerprint density at radius 3 is 2.77 bits per heavy atom. The first kappa shape index (κ1) is 15.6. The lowest BCUT2D eigenvalue weighted by atomic mass is 9.97. The van der Waals surface area contributed by atoms with Crippen molar-refractivity contribution in [1.29, 1.82) is 0 Å². The molecule has 4 nitrogen and oxygen atoms in total. The zero-order valence-electron chi connectivity index (χ0n) is 11.7. The number of carbonyl (C=O) groups excluding carboxylic acids is 1. The highest BCUT2D eigenvalue weighted by Crippen LogP contribution is 2.33. The van der Waals surface area contributed by atoms with Crippen molar-refractivity contribution < 1.29 is 18.0 Å². The molecule has 0 radical (unpaired) electrons. The molecule has 3 atom stereocenters. The summed E-state index contributed by atoms with van der Waals surface area (Å²) in [6.45, 7) is 2.88. The minimum Gasteiger partial charge on any atom is -0.347 e. The number of alkyl halides is 3. The predicted octanol–water partition coefficient (Wildman–Crippen LogP) is 2.58. The van der Waals surface area contributed by atoms with E-state index < -0.39 is 22.8 Å². The van der Waals surface area contributed by atoms with Gasteiger partial charge in [0.25, 0.3) is 5.91 Å². The summed E-state index contributed by atoms with van der Waals surface area (Å²) >= 11 is 5.54. The van der Waals surface area contributed by atoms with Crippen LogP contribution in [0.1, 0.15) is 28.9 Å². The van der Waals surface area contributed by atoms with E-state index in [2.05, 4.69) is 15.2 Å². The maximum Gasteiger partial charge on any atom is 0.419 e. The summed E-state index contributed by atoms with van der Waals surface area (Å²) in [6, 6.07) is 1.86. The average Bonchev–Trinajstić information content (AvgIpc) is 2.76. The molecule has 2 aliphatic heterocycles. The molecule has 1 amide bonds. The highest BCUT2D eigenvalue weighted by Gasteiger charge is 2.35. The standard InChI is InChI=1S/C14H15ClF3N3O/c15-12-10(14(16,17)18)1-2-11(20-12)13(22)19-9-5-8-3-4-21(6-8)7-9/h1-2,8-9H,3-7H2,(H,19,22)/t8?,9-/m1/s1. The third-order valence-electron chi connectivity index (χ3n) is 4.19. The molecule has 2 saturated heterocycles. The number of fused-ring (bicyclic) bond motifs is 2. The number of carbonyl (C=O) groups is 1. The van der Waals surface area contributed by atoms with Crippen LogP contribution < -0.4 is 5.32 Å². The molecule has 22 heavy (non-hydrogen) atoms. The smallest absolute Gasteiger partial charge is 0.347 e. The van der Waals surface area contributed by atoms with Crippen LogP contribution in [0.5, 0.6) is 0 Å². The number of halogens is 4. The average molecular weight is 334 g/mol. The van der Waals surface area contributed by atoms with E-state index in [4.69, 9.17) is 11.6 Å². The molecule has 2 bridgehead atoms. The first-order valence-electron chi connectivity index (χ1n) is 7.10. The summed E-state index contributed by atoms with van der Waals surface area (Å²) in [7, 11) is 0. The molecule has 1 N–H and O–H groups in total. The van der Waals surface area contributed by atoms with Crippen LogP contribution in [0.3, 0.4) is 0 Å². The molecule has 0 aromatic carbocycles. The molecule has 8 heteroatoms. The quantitative estimate of drug-likeness (QED) is 0.846. The normalized spacial score (nSPS) is 27.7. The highest BCUT2D eigenvalue weighted by atomic mass is 35.5. The third kappa shape index (κ3) is 3.20. The minimum atomic E-state index is -4.57. The van der Waals surface area contributed by atoms with Crippen LogP contribution >= 0.6 is 11.6 Å². The second-order valence-electron chi connectivity index (χ2n) is 5.85. The monoisotopic (exact) mass is 333 g/mol. The molecule has 120 valence electrons. The molecule has 3 rings (SSSR count). The number of piperidine rings is 1. The van der Waals surface area contributed by atoms with Crippen LogP contribution in [0.4, 0.5) is 13.2 Å². The summed E-state index contributed by atoms with van der Waals surface area (Å²) < 4.78 is 37.9. The summed E-state index contributed by atoms with van der Waals surface area (Å²) in [4.78, 5) is 18.0. The predicted molar refractivity (Wildman–Crippen MR) is 74.7 cm³/mol. The lowest BCUT2D eigenvalue weighted by Gasteiger charge is -2.30. The van der Waals surface area contributed by atoms with E-state index in [1.165, 1.54) is 0 Å². The Bertz CT molecular complexity index is 581. The van der Waals surface area contributed by atoms with Gasteiger partial charge >= 0.3 is 6.18 Å². The molecule has 2 aliphatic rings. The van der Waals surface area contributed by atoms with Crippen LogP contribution in [-0.4, -0.2) is 41.5 Å². The van der Waals surface area contributed by atoms with Crippen LogP contribution in [0.2, 0.25) is 5.15 Å². The van der Waals surface area contributed by atoms with Gasteiger partial charge in [-0.3, -0.25) is 4.79 Å². The van der Waals surface area contributed by atoms with Crippen LogP contribution in [0.15, 0.2) is 12.1 Å². The van der Waals surface area contributed by atoms with Crippen molar-refractivity contribution in [2.24, 2.45) is 5.92 Å². The van der Waals surface area contributed by atoms with Crippen molar-refractivity contribution in [3.63, 3.8) is 0 Å². The van der Waals surface area contributed by atoms with E-state index in [1.54, 1.807) is 0 Å². The van der Waals surface area contributed by atoms with Gasteiger partial charge in [0.1, 0.15) is 10.8 Å². The summed E-state index contributed by atoms with van der Waals surface area (Å²) in [5, 5.41) is 2.14. The molecular formula is C14H15ClF3N3O. The fraction of sp³-hybridized carbons (Fsp3) is 0.571. The Hall–Kier alpha value is -1.34. The van der Waals surface area contributed by atoms with E-state index in [0.29, 0.717) is 5.92 Å². The van der Waals surface area contributed by atoms with E-state index in [1.807, 2.05) is 0 Å². The second kappa shape index (κ2) is 5.70. The van der Waals surface area contributed by atoms with Crippen molar-refractivity contribution in [3.8, 4) is 0 Å².